The van der Waals surface area contributed by atoms with Gasteiger partial charge in [0.05, 0.1) is 0 Å². The molecular formula is C7H7NO2. The molecule has 0 radical (unpaired) electrons. The van der Waals surface area contributed by atoms with Crippen molar-refractivity contribution in [2.24, 2.45) is 4.99 Å². The van der Waals surface area contributed by atoms with Crippen LogP contribution in [0.25, 0.3) is 0 Å². The van der Waals surface area contributed by atoms with Gasteiger partial charge >= 0.3 is 0 Å². The van der Waals surface area contributed by atoms with Crippen molar-refractivity contribution in [2.75, 3.05) is 0 Å². The van der Waals surface area contributed by atoms with E-state index in [0.29, 0.717) is 12.8 Å². The second-order valence-corrected chi connectivity index (χ2v) is 2.53. The fourth-order valence-corrected chi connectivity index (χ4v) is 1.24. The van der Waals surface area contributed by atoms with Crippen molar-refractivity contribution in [1.29, 1.82) is 0 Å². The van der Waals surface area contributed by atoms with Gasteiger partial charge in [-0.1, -0.05) is 12.2 Å². The van der Waals surface area contributed by atoms with E-state index >= 15 is 0 Å². The summed E-state index contributed by atoms with van der Waals surface area (Å²) in [5.41, 5.74) is -0.625. The van der Waals surface area contributed by atoms with E-state index in [2.05, 4.69) is 4.99 Å². The minimum Gasteiger partial charge on any atom is -0.466 e. The molecule has 0 unspecified atom stereocenters. The Morgan fingerprint density at radius 3 is 2.70 bits per heavy atom. The van der Waals surface area contributed by atoms with Crippen molar-refractivity contribution < 1.29 is 9.53 Å². The van der Waals surface area contributed by atoms with Crippen LogP contribution in [0.5, 0.6) is 0 Å². The lowest BCUT2D eigenvalue weighted by molar-refractivity contribution is -0.129. The lowest BCUT2D eigenvalue weighted by Crippen LogP contribution is -2.32. The summed E-state index contributed by atoms with van der Waals surface area (Å²) in [5.74, 6) is -0.141. The summed E-state index contributed by atoms with van der Waals surface area (Å²) < 4.78 is 5.11. The maximum Gasteiger partial charge on any atom is 0.293 e. The Morgan fingerprint density at radius 1 is 1.50 bits per heavy atom. The predicted octanol–water partition coefficient (Wildman–Crippen LogP) is 0.660. The van der Waals surface area contributed by atoms with Crippen LogP contribution < -0.4 is 0 Å². The number of carbonyl (C=O) groups is 1. The fourth-order valence-electron chi connectivity index (χ4n) is 1.24. The first kappa shape index (κ1) is 5.65. The highest BCUT2D eigenvalue weighted by molar-refractivity contribution is 5.95. The largest absolute Gasteiger partial charge is 0.466 e. The van der Waals surface area contributed by atoms with Gasteiger partial charge in [-0.2, -0.15) is 4.99 Å². The number of aliphatic imine (C=N–C) groups is 1. The summed E-state index contributed by atoms with van der Waals surface area (Å²) in [6, 6.07) is 0. The molecule has 0 N–H and O–H groups in total. The zero-order valence-corrected chi connectivity index (χ0v) is 5.41. The maximum absolute atomic E-state index is 11.0. The molecule has 1 aliphatic carbocycles. The quantitative estimate of drug-likeness (QED) is 0.460. The van der Waals surface area contributed by atoms with Crippen LogP contribution in [-0.2, 0) is 9.53 Å². The van der Waals surface area contributed by atoms with E-state index in [4.69, 9.17) is 4.74 Å². The van der Waals surface area contributed by atoms with E-state index in [0.717, 1.165) is 0 Å². The van der Waals surface area contributed by atoms with Crippen molar-refractivity contribution >= 4 is 12.3 Å². The fraction of sp³-hybridized carbons (Fsp3) is 0.429. The van der Waals surface area contributed by atoms with Crippen molar-refractivity contribution in [2.45, 2.75) is 18.4 Å². The molecule has 3 nitrogen and oxygen atoms in total. The topological polar surface area (TPSA) is 38.7 Å². The van der Waals surface area contributed by atoms with E-state index in [1.54, 1.807) is 0 Å². The third-order valence-corrected chi connectivity index (χ3v) is 1.90. The minimum absolute atomic E-state index is 0.141. The van der Waals surface area contributed by atoms with Gasteiger partial charge in [0.1, 0.15) is 0 Å². The molecule has 0 aromatic heterocycles. The van der Waals surface area contributed by atoms with Gasteiger partial charge < -0.3 is 4.74 Å². The van der Waals surface area contributed by atoms with Crippen LogP contribution in [0.3, 0.4) is 0 Å². The summed E-state index contributed by atoms with van der Waals surface area (Å²) in [7, 11) is 0. The predicted molar refractivity (Wildman–Crippen MR) is 35.7 cm³/mol. The first-order valence-corrected chi connectivity index (χ1v) is 3.23. The van der Waals surface area contributed by atoms with Crippen LogP contribution in [0.1, 0.15) is 12.8 Å². The number of ether oxygens (including phenoxy) is 1. The Kier molecular flexibility index (Phi) is 0.952. The molecule has 1 spiro atoms. The molecule has 0 saturated carbocycles. The smallest absolute Gasteiger partial charge is 0.293 e. The highest BCUT2D eigenvalue weighted by atomic mass is 16.5. The van der Waals surface area contributed by atoms with Gasteiger partial charge in [-0.3, -0.25) is 4.79 Å². The molecule has 2 aliphatic rings. The Labute approximate surface area is 58.4 Å². The SMILES string of the molecule is O=C1N=COC12CC=CC2. The number of carbonyl (C=O) groups excluding carboxylic acids is 1. The number of hydrogen-bond acceptors (Lipinski definition) is 2. The average molecular weight is 137 g/mol. The van der Waals surface area contributed by atoms with Crippen LogP contribution >= 0.6 is 0 Å². The molecule has 0 saturated heterocycles. The second-order valence-electron chi connectivity index (χ2n) is 2.53. The molecule has 0 bridgehead atoms. The van der Waals surface area contributed by atoms with Crippen molar-refractivity contribution in [3.63, 3.8) is 0 Å². The summed E-state index contributed by atoms with van der Waals surface area (Å²) in [6.45, 7) is 0. The van der Waals surface area contributed by atoms with E-state index in [9.17, 15) is 4.79 Å². The van der Waals surface area contributed by atoms with Gasteiger partial charge in [-0.05, 0) is 0 Å². The first-order valence-electron chi connectivity index (χ1n) is 3.23. The standard InChI is InChI=1S/C7H7NO2/c9-6-7(10-5-8-6)3-1-2-4-7/h1-2,5H,3-4H2. The van der Waals surface area contributed by atoms with Gasteiger partial charge in [-0.15, -0.1) is 0 Å². The molecule has 0 aromatic rings. The van der Waals surface area contributed by atoms with E-state index < -0.39 is 5.60 Å². The van der Waals surface area contributed by atoms with E-state index in [-0.39, 0.29) is 5.91 Å². The van der Waals surface area contributed by atoms with Crippen LogP contribution in [0, 0.1) is 0 Å². The van der Waals surface area contributed by atoms with Crippen molar-refractivity contribution in [3.8, 4) is 0 Å². The van der Waals surface area contributed by atoms with Gasteiger partial charge in [0.25, 0.3) is 5.91 Å². The number of nitrogens with zero attached hydrogens (tertiary/aromatic N) is 1. The summed E-state index contributed by atoms with van der Waals surface area (Å²) in [5, 5.41) is 0. The zero-order valence-electron chi connectivity index (χ0n) is 5.41. The minimum atomic E-state index is -0.625. The van der Waals surface area contributed by atoms with Crippen LogP contribution in [0.15, 0.2) is 17.1 Å². The molecule has 0 fully saturated rings. The monoisotopic (exact) mass is 137 g/mol. The molecule has 0 atom stereocenters. The second kappa shape index (κ2) is 1.68. The third-order valence-electron chi connectivity index (χ3n) is 1.90. The molecule has 0 aromatic carbocycles. The summed E-state index contributed by atoms with van der Waals surface area (Å²) in [6.07, 6.45) is 6.49. The van der Waals surface area contributed by atoms with Gasteiger partial charge in [0.15, 0.2) is 12.0 Å². The van der Waals surface area contributed by atoms with Crippen LogP contribution in [-0.4, -0.2) is 17.9 Å². The lowest BCUT2D eigenvalue weighted by atomic mass is 10.0. The van der Waals surface area contributed by atoms with E-state index in [1.807, 2.05) is 12.2 Å². The number of amides is 1. The van der Waals surface area contributed by atoms with Gasteiger partial charge in [0, 0.05) is 12.8 Å². The normalized spacial score (nSPS) is 26.2. The lowest BCUT2D eigenvalue weighted by Gasteiger charge is -2.17. The van der Waals surface area contributed by atoms with Crippen LogP contribution in [0.4, 0.5) is 0 Å². The molecule has 1 amide bonds. The zero-order chi connectivity index (χ0) is 7.03. The van der Waals surface area contributed by atoms with Gasteiger partial charge in [0.2, 0.25) is 0 Å². The molecule has 1 aliphatic heterocycles. The Hall–Kier alpha value is -1.12. The molecule has 1 heterocycles. The number of rotatable bonds is 0. The Bertz CT molecular complexity index is 216. The Balaban J connectivity index is 2.26. The van der Waals surface area contributed by atoms with E-state index in [1.165, 1.54) is 6.40 Å². The van der Waals surface area contributed by atoms with Gasteiger partial charge in [-0.25, -0.2) is 0 Å². The van der Waals surface area contributed by atoms with Crippen LogP contribution in [0.2, 0.25) is 0 Å². The van der Waals surface area contributed by atoms with Crippen molar-refractivity contribution in [3.05, 3.63) is 12.2 Å². The highest BCUT2D eigenvalue weighted by Gasteiger charge is 2.43. The molecule has 3 heteroatoms. The number of hydrogen-bond donors (Lipinski definition) is 0. The average Bonchev–Trinajstić information content (AvgIpc) is 2.48. The summed E-state index contributed by atoms with van der Waals surface area (Å²) >= 11 is 0. The summed E-state index contributed by atoms with van der Waals surface area (Å²) in [4.78, 5) is 14.6. The molecule has 10 heavy (non-hydrogen) atoms. The third kappa shape index (κ3) is 0.546. The first-order chi connectivity index (χ1) is 4.83. The molecule has 2 rings (SSSR count). The van der Waals surface area contributed by atoms with Crippen molar-refractivity contribution in [1.82, 2.24) is 0 Å². The molecule has 52 valence electrons. The molecular weight excluding hydrogens is 130 g/mol. The Morgan fingerprint density at radius 2 is 2.20 bits per heavy atom. The highest BCUT2D eigenvalue weighted by Crippen LogP contribution is 2.31. The maximum atomic E-state index is 11.0.